The molecule has 1 unspecified atom stereocenters. The molecule has 1 N–H and O–H groups in total. The minimum absolute atomic E-state index is 0.0225. The van der Waals surface area contributed by atoms with Crippen molar-refractivity contribution in [2.45, 2.75) is 13.0 Å². The number of rotatable bonds is 3. The Morgan fingerprint density at radius 2 is 2.43 bits per heavy atom. The van der Waals surface area contributed by atoms with Crippen LogP contribution in [0.2, 0.25) is 0 Å². The third-order valence-electron chi connectivity index (χ3n) is 1.50. The van der Waals surface area contributed by atoms with Gasteiger partial charge in [0, 0.05) is 0 Å². The van der Waals surface area contributed by atoms with Crippen molar-refractivity contribution in [1.82, 2.24) is 4.98 Å². The summed E-state index contributed by atoms with van der Waals surface area (Å²) in [6.45, 7) is 1.71. The van der Waals surface area contributed by atoms with Crippen LogP contribution in [0, 0.1) is 12.3 Å². The molecular weight excluding hydrogens is 182 g/mol. The molecule has 0 amide bonds. The van der Waals surface area contributed by atoms with Gasteiger partial charge in [-0.15, -0.1) is 6.42 Å². The Kier molecular flexibility index (Phi) is 3.08. The van der Waals surface area contributed by atoms with Crippen molar-refractivity contribution in [1.29, 1.82) is 0 Å². The molecule has 0 saturated heterocycles. The number of hydrogen-bond donors (Lipinski definition) is 1. The van der Waals surface area contributed by atoms with Gasteiger partial charge in [0.2, 0.25) is 0 Å². The molecule has 0 saturated carbocycles. The molecule has 4 heteroatoms. The van der Waals surface area contributed by atoms with E-state index in [-0.39, 0.29) is 11.8 Å². The molecule has 0 aliphatic rings. The summed E-state index contributed by atoms with van der Waals surface area (Å²) < 4.78 is 5.21. The molecule has 1 atom stereocenters. The Morgan fingerprint density at radius 3 is 2.86 bits per heavy atom. The summed E-state index contributed by atoms with van der Waals surface area (Å²) in [7, 11) is 0. The number of ether oxygens (including phenoxy) is 1. The first kappa shape index (κ1) is 10.1. The van der Waals surface area contributed by atoms with E-state index in [0.29, 0.717) is 5.75 Å². The lowest BCUT2D eigenvalue weighted by atomic mass is 10.3. The largest absolute Gasteiger partial charge is 0.477 e. The first-order chi connectivity index (χ1) is 6.63. The third kappa shape index (κ3) is 2.49. The SMILES string of the molecule is C#CC(C)Oc1ccc(C(=O)O)nc1. The summed E-state index contributed by atoms with van der Waals surface area (Å²) in [6.07, 6.45) is 6.08. The van der Waals surface area contributed by atoms with Crippen LogP contribution in [-0.2, 0) is 0 Å². The quantitative estimate of drug-likeness (QED) is 0.729. The van der Waals surface area contributed by atoms with Gasteiger partial charge in [0.15, 0.2) is 6.10 Å². The Morgan fingerprint density at radius 1 is 1.71 bits per heavy atom. The number of carbonyl (C=O) groups is 1. The van der Waals surface area contributed by atoms with Gasteiger partial charge in [0.05, 0.1) is 6.20 Å². The Balaban J connectivity index is 2.75. The van der Waals surface area contributed by atoms with Crippen LogP contribution in [0.4, 0.5) is 0 Å². The molecule has 1 heterocycles. The highest BCUT2D eigenvalue weighted by atomic mass is 16.5. The average molecular weight is 191 g/mol. The first-order valence-corrected chi connectivity index (χ1v) is 3.95. The second-order valence-corrected chi connectivity index (χ2v) is 2.61. The number of pyridine rings is 1. The Bertz CT molecular complexity index is 364. The van der Waals surface area contributed by atoms with E-state index in [2.05, 4.69) is 10.9 Å². The highest BCUT2D eigenvalue weighted by Crippen LogP contribution is 2.10. The molecule has 0 aromatic carbocycles. The van der Waals surface area contributed by atoms with Gasteiger partial charge >= 0.3 is 5.97 Å². The topological polar surface area (TPSA) is 59.4 Å². The van der Waals surface area contributed by atoms with E-state index in [1.807, 2.05) is 0 Å². The molecule has 4 nitrogen and oxygen atoms in total. The maximum absolute atomic E-state index is 10.5. The van der Waals surface area contributed by atoms with Crippen LogP contribution in [-0.4, -0.2) is 22.2 Å². The van der Waals surface area contributed by atoms with Gasteiger partial charge in [0.25, 0.3) is 0 Å². The van der Waals surface area contributed by atoms with Crippen LogP contribution in [0.5, 0.6) is 5.75 Å². The van der Waals surface area contributed by atoms with E-state index >= 15 is 0 Å². The summed E-state index contributed by atoms with van der Waals surface area (Å²) in [4.78, 5) is 14.1. The zero-order chi connectivity index (χ0) is 10.6. The van der Waals surface area contributed by atoms with Crippen molar-refractivity contribution in [3.8, 4) is 18.1 Å². The molecule has 0 aliphatic carbocycles. The van der Waals surface area contributed by atoms with Gasteiger partial charge in [-0.3, -0.25) is 0 Å². The summed E-state index contributed by atoms with van der Waals surface area (Å²) in [5.74, 6) is 1.78. The van der Waals surface area contributed by atoms with Crippen molar-refractivity contribution in [2.24, 2.45) is 0 Å². The fraction of sp³-hybridized carbons (Fsp3) is 0.200. The number of carboxylic acids is 1. The van der Waals surface area contributed by atoms with Crippen molar-refractivity contribution in [3.05, 3.63) is 24.0 Å². The van der Waals surface area contributed by atoms with Gasteiger partial charge < -0.3 is 9.84 Å². The van der Waals surface area contributed by atoms with Crippen LogP contribution < -0.4 is 4.74 Å². The van der Waals surface area contributed by atoms with Crippen molar-refractivity contribution < 1.29 is 14.6 Å². The molecule has 0 radical (unpaired) electrons. The molecule has 0 bridgehead atoms. The average Bonchev–Trinajstić information content (AvgIpc) is 2.18. The fourth-order valence-corrected chi connectivity index (χ4v) is 0.815. The monoisotopic (exact) mass is 191 g/mol. The molecule has 1 aromatic rings. The minimum atomic E-state index is -1.07. The number of nitrogens with zero attached hydrogens (tertiary/aromatic N) is 1. The lowest BCUT2D eigenvalue weighted by Crippen LogP contribution is -2.09. The smallest absolute Gasteiger partial charge is 0.354 e. The number of hydrogen-bond acceptors (Lipinski definition) is 3. The van der Waals surface area contributed by atoms with Crippen LogP contribution >= 0.6 is 0 Å². The van der Waals surface area contributed by atoms with E-state index < -0.39 is 5.97 Å². The van der Waals surface area contributed by atoms with E-state index in [0.717, 1.165) is 0 Å². The maximum Gasteiger partial charge on any atom is 0.354 e. The van der Waals surface area contributed by atoms with Gasteiger partial charge in [-0.2, -0.15) is 0 Å². The predicted octanol–water partition coefficient (Wildman–Crippen LogP) is 1.18. The van der Waals surface area contributed by atoms with Crippen LogP contribution in [0.3, 0.4) is 0 Å². The van der Waals surface area contributed by atoms with Crippen LogP contribution in [0.1, 0.15) is 17.4 Å². The van der Waals surface area contributed by atoms with E-state index in [1.165, 1.54) is 18.3 Å². The Hall–Kier alpha value is -2.02. The maximum atomic E-state index is 10.5. The highest BCUT2D eigenvalue weighted by molar-refractivity contribution is 5.85. The number of aromatic carboxylic acids is 1. The first-order valence-electron chi connectivity index (χ1n) is 3.95. The molecule has 1 rings (SSSR count). The molecule has 14 heavy (non-hydrogen) atoms. The number of aromatic nitrogens is 1. The molecule has 0 fully saturated rings. The molecule has 1 aromatic heterocycles. The van der Waals surface area contributed by atoms with E-state index in [1.54, 1.807) is 6.92 Å². The van der Waals surface area contributed by atoms with Gasteiger partial charge in [-0.05, 0) is 19.1 Å². The lowest BCUT2D eigenvalue weighted by Gasteiger charge is -2.07. The third-order valence-corrected chi connectivity index (χ3v) is 1.50. The molecule has 0 aliphatic heterocycles. The second kappa shape index (κ2) is 4.28. The zero-order valence-electron chi connectivity index (χ0n) is 7.60. The zero-order valence-corrected chi connectivity index (χ0v) is 7.60. The molecule has 72 valence electrons. The standard InChI is InChI=1S/C10H9NO3/c1-3-7(2)14-8-4-5-9(10(12)13)11-6-8/h1,4-7H,2H3,(H,12,13). The predicted molar refractivity (Wildman–Crippen MR) is 50.1 cm³/mol. The highest BCUT2D eigenvalue weighted by Gasteiger charge is 2.05. The minimum Gasteiger partial charge on any atom is -0.477 e. The van der Waals surface area contributed by atoms with E-state index in [4.69, 9.17) is 16.3 Å². The summed E-state index contributed by atoms with van der Waals surface area (Å²) in [5, 5.41) is 8.57. The van der Waals surface area contributed by atoms with Crippen LogP contribution in [0.25, 0.3) is 0 Å². The van der Waals surface area contributed by atoms with E-state index in [9.17, 15) is 4.79 Å². The summed E-state index contributed by atoms with van der Waals surface area (Å²) in [6, 6.07) is 2.88. The van der Waals surface area contributed by atoms with Crippen molar-refractivity contribution in [3.63, 3.8) is 0 Å². The molecule has 0 spiro atoms. The number of carboxylic acid groups (broad SMARTS) is 1. The van der Waals surface area contributed by atoms with Gasteiger partial charge in [0.1, 0.15) is 11.4 Å². The number of terminal acetylenes is 1. The molecular formula is C10H9NO3. The van der Waals surface area contributed by atoms with Gasteiger partial charge in [-0.1, -0.05) is 5.92 Å². The lowest BCUT2D eigenvalue weighted by molar-refractivity contribution is 0.0690. The van der Waals surface area contributed by atoms with Crippen LogP contribution in [0.15, 0.2) is 18.3 Å². The normalized spacial score (nSPS) is 11.4. The van der Waals surface area contributed by atoms with Gasteiger partial charge in [-0.25, -0.2) is 9.78 Å². The van der Waals surface area contributed by atoms with Crippen molar-refractivity contribution in [2.75, 3.05) is 0 Å². The van der Waals surface area contributed by atoms with Crippen molar-refractivity contribution >= 4 is 5.97 Å². The fourth-order valence-electron chi connectivity index (χ4n) is 0.815. The summed E-state index contributed by atoms with van der Waals surface area (Å²) in [5.41, 5.74) is -0.0225. The second-order valence-electron chi connectivity index (χ2n) is 2.61. The Labute approximate surface area is 81.5 Å². The summed E-state index contributed by atoms with van der Waals surface area (Å²) >= 11 is 0.